The van der Waals surface area contributed by atoms with E-state index in [1.807, 2.05) is 18.2 Å². The van der Waals surface area contributed by atoms with Gasteiger partial charge in [-0.2, -0.15) is 0 Å². The van der Waals surface area contributed by atoms with E-state index in [1.54, 1.807) is 11.8 Å². The summed E-state index contributed by atoms with van der Waals surface area (Å²) in [6, 6.07) is 13.0. The van der Waals surface area contributed by atoms with Gasteiger partial charge in [-0.1, -0.05) is 42.5 Å². The SMILES string of the molecule is Cc1nc(C(=O)N2CCN(CC=Cc3ccccc3)CC2)ccc1F. The number of aryl methyl sites for hydroxylation is 1. The number of rotatable bonds is 4. The molecule has 130 valence electrons. The van der Waals surface area contributed by atoms with E-state index in [1.165, 1.54) is 17.7 Å². The highest BCUT2D eigenvalue weighted by Crippen LogP contribution is 2.10. The predicted molar refractivity (Wildman–Crippen MR) is 96.8 cm³/mol. The van der Waals surface area contributed by atoms with E-state index < -0.39 is 0 Å². The summed E-state index contributed by atoms with van der Waals surface area (Å²) in [6.07, 6.45) is 4.26. The van der Waals surface area contributed by atoms with Gasteiger partial charge in [0.2, 0.25) is 0 Å². The molecule has 25 heavy (non-hydrogen) atoms. The first-order chi connectivity index (χ1) is 12.1. The molecule has 0 aliphatic carbocycles. The van der Waals surface area contributed by atoms with E-state index >= 15 is 0 Å². The molecular formula is C20H22FN3O. The Labute approximate surface area is 147 Å². The second-order valence-corrected chi connectivity index (χ2v) is 6.17. The van der Waals surface area contributed by atoms with Crippen LogP contribution in [-0.2, 0) is 0 Å². The number of pyridine rings is 1. The molecule has 1 aliphatic heterocycles. The first-order valence-corrected chi connectivity index (χ1v) is 8.50. The molecule has 3 rings (SSSR count). The van der Waals surface area contributed by atoms with Gasteiger partial charge in [-0.05, 0) is 24.6 Å². The lowest BCUT2D eigenvalue weighted by Gasteiger charge is -2.34. The minimum atomic E-state index is -0.383. The second-order valence-electron chi connectivity index (χ2n) is 6.17. The Morgan fingerprint density at radius 1 is 1.12 bits per heavy atom. The summed E-state index contributed by atoms with van der Waals surface area (Å²) in [5, 5.41) is 0. The van der Waals surface area contributed by atoms with Crippen LogP contribution in [0.4, 0.5) is 4.39 Å². The molecule has 1 fully saturated rings. The first kappa shape index (κ1) is 17.3. The van der Waals surface area contributed by atoms with Crippen LogP contribution in [-0.4, -0.2) is 53.4 Å². The topological polar surface area (TPSA) is 36.4 Å². The molecule has 5 heteroatoms. The van der Waals surface area contributed by atoms with Gasteiger partial charge in [0.05, 0.1) is 5.69 Å². The van der Waals surface area contributed by atoms with Gasteiger partial charge < -0.3 is 4.90 Å². The molecule has 1 aliphatic rings. The predicted octanol–water partition coefficient (Wildman–Crippen LogP) is 3.00. The largest absolute Gasteiger partial charge is 0.335 e. The summed E-state index contributed by atoms with van der Waals surface area (Å²) in [5.41, 5.74) is 1.76. The summed E-state index contributed by atoms with van der Waals surface area (Å²) in [6.45, 7) is 5.41. The van der Waals surface area contributed by atoms with Crippen molar-refractivity contribution < 1.29 is 9.18 Å². The smallest absolute Gasteiger partial charge is 0.272 e. The van der Waals surface area contributed by atoms with Crippen LogP contribution in [0, 0.1) is 12.7 Å². The van der Waals surface area contributed by atoms with Crippen LogP contribution in [0.25, 0.3) is 6.08 Å². The molecule has 0 bridgehead atoms. The quantitative estimate of drug-likeness (QED) is 0.859. The first-order valence-electron chi connectivity index (χ1n) is 8.50. The Hall–Kier alpha value is -2.53. The van der Waals surface area contributed by atoms with Gasteiger partial charge in [-0.25, -0.2) is 9.37 Å². The fourth-order valence-corrected chi connectivity index (χ4v) is 2.86. The summed E-state index contributed by atoms with van der Waals surface area (Å²) in [5.74, 6) is -0.505. The monoisotopic (exact) mass is 339 g/mol. The van der Waals surface area contributed by atoms with Crippen molar-refractivity contribution in [3.63, 3.8) is 0 Å². The normalized spacial score (nSPS) is 15.7. The Morgan fingerprint density at radius 2 is 1.84 bits per heavy atom. The van der Waals surface area contributed by atoms with Crippen molar-refractivity contribution >= 4 is 12.0 Å². The van der Waals surface area contributed by atoms with Crippen LogP contribution in [0.15, 0.2) is 48.5 Å². The van der Waals surface area contributed by atoms with Crippen LogP contribution in [0.2, 0.25) is 0 Å². The summed E-state index contributed by atoms with van der Waals surface area (Å²) >= 11 is 0. The Morgan fingerprint density at radius 3 is 2.52 bits per heavy atom. The number of carbonyl (C=O) groups is 1. The molecule has 0 atom stereocenters. The highest BCUT2D eigenvalue weighted by molar-refractivity contribution is 5.92. The number of aromatic nitrogens is 1. The average molecular weight is 339 g/mol. The third kappa shape index (κ3) is 4.51. The zero-order chi connectivity index (χ0) is 17.6. The Balaban J connectivity index is 1.50. The van der Waals surface area contributed by atoms with Crippen LogP contribution < -0.4 is 0 Å². The highest BCUT2D eigenvalue weighted by Gasteiger charge is 2.22. The molecule has 0 unspecified atom stereocenters. The Bertz CT molecular complexity index is 753. The molecule has 0 radical (unpaired) electrons. The fraction of sp³-hybridized carbons (Fsp3) is 0.300. The summed E-state index contributed by atoms with van der Waals surface area (Å²) < 4.78 is 13.3. The maximum Gasteiger partial charge on any atom is 0.272 e. The van der Waals surface area contributed by atoms with Crippen molar-refractivity contribution in [2.75, 3.05) is 32.7 Å². The van der Waals surface area contributed by atoms with Gasteiger partial charge >= 0.3 is 0 Å². The molecular weight excluding hydrogens is 317 g/mol. The summed E-state index contributed by atoms with van der Waals surface area (Å²) in [7, 11) is 0. The maximum absolute atomic E-state index is 13.3. The highest BCUT2D eigenvalue weighted by atomic mass is 19.1. The van der Waals surface area contributed by atoms with Gasteiger partial charge in [0.1, 0.15) is 11.5 Å². The number of carbonyl (C=O) groups excluding carboxylic acids is 1. The van der Waals surface area contributed by atoms with Crippen molar-refractivity contribution in [3.05, 3.63) is 71.3 Å². The van der Waals surface area contributed by atoms with E-state index in [9.17, 15) is 9.18 Å². The lowest BCUT2D eigenvalue weighted by molar-refractivity contribution is 0.0644. The fourth-order valence-electron chi connectivity index (χ4n) is 2.86. The van der Waals surface area contributed by atoms with E-state index in [4.69, 9.17) is 0 Å². The Kier molecular flexibility index (Phi) is 5.56. The standard InChI is InChI=1S/C20H22FN3O/c1-16-18(21)9-10-19(22-16)20(25)24-14-12-23(13-15-24)11-5-8-17-6-3-2-4-7-17/h2-10H,11-15H2,1H3. The number of benzene rings is 1. The van der Waals surface area contributed by atoms with Gasteiger partial charge in [0, 0.05) is 32.7 Å². The van der Waals surface area contributed by atoms with Gasteiger partial charge in [-0.15, -0.1) is 0 Å². The number of hydrogen-bond acceptors (Lipinski definition) is 3. The molecule has 1 saturated heterocycles. The van der Waals surface area contributed by atoms with E-state index in [0.717, 1.165) is 19.6 Å². The van der Waals surface area contributed by atoms with Crippen molar-refractivity contribution in [2.24, 2.45) is 0 Å². The third-order valence-electron chi connectivity index (χ3n) is 4.37. The molecule has 4 nitrogen and oxygen atoms in total. The van der Waals surface area contributed by atoms with Crippen LogP contribution in [0.3, 0.4) is 0 Å². The zero-order valence-electron chi connectivity index (χ0n) is 14.4. The van der Waals surface area contributed by atoms with E-state index in [2.05, 4.69) is 34.2 Å². The van der Waals surface area contributed by atoms with Crippen LogP contribution >= 0.6 is 0 Å². The maximum atomic E-state index is 13.3. The third-order valence-corrected chi connectivity index (χ3v) is 4.37. The summed E-state index contributed by atoms with van der Waals surface area (Å²) in [4.78, 5) is 20.6. The molecule has 0 spiro atoms. The number of amides is 1. The van der Waals surface area contributed by atoms with Crippen molar-refractivity contribution in [2.45, 2.75) is 6.92 Å². The molecule has 0 saturated carbocycles. The molecule has 2 aromatic rings. The minimum absolute atomic E-state index is 0.123. The molecule has 1 amide bonds. The lowest BCUT2D eigenvalue weighted by atomic mass is 10.2. The molecule has 0 N–H and O–H groups in total. The van der Waals surface area contributed by atoms with Crippen molar-refractivity contribution in [1.82, 2.24) is 14.8 Å². The van der Waals surface area contributed by atoms with Crippen LogP contribution in [0.1, 0.15) is 21.7 Å². The van der Waals surface area contributed by atoms with Gasteiger partial charge in [0.15, 0.2) is 0 Å². The lowest BCUT2D eigenvalue weighted by Crippen LogP contribution is -2.48. The number of nitrogens with zero attached hydrogens (tertiary/aromatic N) is 3. The van der Waals surface area contributed by atoms with Crippen molar-refractivity contribution in [3.8, 4) is 0 Å². The molecule has 1 aromatic heterocycles. The number of halogens is 1. The van der Waals surface area contributed by atoms with Gasteiger partial charge in [-0.3, -0.25) is 9.69 Å². The molecule has 1 aromatic carbocycles. The van der Waals surface area contributed by atoms with Gasteiger partial charge in [0.25, 0.3) is 5.91 Å². The second kappa shape index (κ2) is 8.03. The molecule has 2 heterocycles. The number of piperazine rings is 1. The number of hydrogen-bond donors (Lipinski definition) is 0. The van der Waals surface area contributed by atoms with E-state index in [0.29, 0.717) is 18.8 Å². The average Bonchev–Trinajstić information content (AvgIpc) is 2.65. The minimum Gasteiger partial charge on any atom is -0.335 e. The van der Waals surface area contributed by atoms with Crippen molar-refractivity contribution in [1.29, 1.82) is 0 Å². The zero-order valence-corrected chi connectivity index (χ0v) is 14.4. The van der Waals surface area contributed by atoms with E-state index in [-0.39, 0.29) is 17.4 Å². The van der Waals surface area contributed by atoms with Crippen LogP contribution in [0.5, 0.6) is 0 Å².